The van der Waals surface area contributed by atoms with Crippen molar-refractivity contribution in [1.29, 1.82) is 0 Å². The Hall–Kier alpha value is -0.560. The van der Waals surface area contributed by atoms with Crippen LogP contribution in [0.4, 0.5) is 13.2 Å². The van der Waals surface area contributed by atoms with Crippen LogP contribution in [0.25, 0.3) is 0 Å². The van der Waals surface area contributed by atoms with Gasteiger partial charge in [-0.25, -0.2) is 0 Å². The van der Waals surface area contributed by atoms with Gasteiger partial charge in [0.1, 0.15) is 0 Å². The van der Waals surface area contributed by atoms with Gasteiger partial charge in [-0.1, -0.05) is 32.3 Å². The molecule has 7 heteroatoms. The Morgan fingerprint density at radius 3 is 2.28 bits per heavy atom. The first-order valence-corrected chi connectivity index (χ1v) is 7.60. The summed E-state index contributed by atoms with van der Waals surface area (Å²) in [7, 11) is -4.13. The first-order valence-electron chi connectivity index (χ1n) is 5.78. The van der Waals surface area contributed by atoms with Crippen molar-refractivity contribution >= 4 is 10.1 Å². The Kier molecular flexibility index (Phi) is 7.54. The SMILES string of the molecule is CCCCCC/C=C/C(OS(C)(=O)=O)C(F)(F)F. The summed E-state index contributed by atoms with van der Waals surface area (Å²) in [6.07, 6.45) is -0.130. The lowest BCUT2D eigenvalue weighted by Crippen LogP contribution is -2.31. The highest BCUT2D eigenvalue weighted by molar-refractivity contribution is 7.86. The van der Waals surface area contributed by atoms with Gasteiger partial charge >= 0.3 is 6.18 Å². The number of allylic oxidation sites excluding steroid dienone is 1. The van der Waals surface area contributed by atoms with Crippen molar-refractivity contribution in [3.8, 4) is 0 Å². The molecule has 0 amide bonds. The minimum absolute atomic E-state index is 0.486. The van der Waals surface area contributed by atoms with E-state index in [9.17, 15) is 21.6 Å². The lowest BCUT2D eigenvalue weighted by atomic mass is 10.1. The van der Waals surface area contributed by atoms with Gasteiger partial charge in [0.25, 0.3) is 10.1 Å². The van der Waals surface area contributed by atoms with Gasteiger partial charge < -0.3 is 0 Å². The van der Waals surface area contributed by atoms with E-state index in [1.807, 2.05) is 6.92 Å². The fourth-order valence-electron chi connectivity index (χ4n) is 1.29. The van der Waals surface area contributed by atoms with Gasteiger partial charge in [-0.3, -0.25) is 4.18 Å². The summed E-state index contributed by atoms with van der Waals surface area (Å²) in [5.74, 6) is 0. The van der Waals surface area contributed by atoms with E-state index >= 15 is 0 Å². The molecular weight excluding hydrogens is 269 g/mol. The van der Waals surface area contributed by atoms with E-state index in [1.54, 1.807) is 0 Å². The van der Waals surface area contributed by atoms with Gasteiger partial charge in [0.15, 0.2) is 6.10 Å². The Labute approximate surface area is 106 Å². The van der Waals surface area contributed by atoms with E-state index < -0.39 is 22.4 Å². The van der Waals surface area contributed by atoms with Gasteiger partial charge in [0, 0.05) is 0 Å². The average Bonchev–Trinajstić information content (AvgIpc) is 2.18. The second kappa shape index (κ2) is 7.78. The quantitative estimate of drug-likeness (QED) is 0.390. The van der Waals surface area contributed by atoms with Crippen molar-refractivity contribution in [2.24, 2.45) is 0 Å². The molecule has 0 saturated carbocycles. The van der Waals surface area contributed by atoms with Crippen molar-refractivity contribution in [3.63, 3.8) is 0 Å². The molecule has 1 unspecified atom stereocenters. The van der Waals surface area contributed by atoms with Crippen LogP contribution in [-0.4, -0.2) is 27.0 Å². The molecule has 0 rings (SSSR count). The summed E-state index contributed by atoms with van der Waals surface area (Å²) in [6, 6.07) is 0. The van der Waals surface area contributed by atoms with Crippen molar-refractivity contribution in [2.75, 3.05) is 6.26 Å². The molecule has 0 saturated heterocycles. The fourth-order valence-corrected chi connectivity index (χ4v) is 1.84. The number of hydrogen-bond donors (Lipinski definition) is 0. The minimum Gasteiger partial charge on any atom is -0.253 e. The zero-order valence-electron chi connectivity index (χ0n) is 10.5. The Balaban J connectivity index is 4.30. The first-order chi connectivity index (χ1) is 8.17. The molecule has 0 radical (unpaired) electrons. The standard InChI is InChI=1S/C11H19F3O3S/c1-3-4-5-6-7-8-9-10(11(12,13)14)17-18(2,15)16/h8-10H,3-7H2,1-2H3/b9-8+. The lowest BCUT2D eigenvalue weighted by molar-refractivity contribution is -0.178. The Bertz CT molecular complexity index is 347. The molecule has 18 heavy (non-hydrogen) atoms. The van der Waals surface area contributed by atoms with Gasteiger partial charge in [-0.2, -0.15) is 21.6 Å². The molecule has 0 aliphatic rings. The number of halogens is 3. The molecule has 0 aromatic rings. The van der Waals surface area contributed by atoms with Crippen LogP contribution < -0.4 is 0 Å². The summed E-state index contributed by atoms with van der Waals surface area (Å²) in [6.45, 7) is 2.04. The summed E-state index contributed by atoms with van der Waals surface area (Å²) in [5.41, 5.74) is 0. The molecular formula is C11H19F3O3S. The van der Waals surface area contributed by atoms with Crippen LogP contribution in [0.5, 0.6) is 0 Å². The molecule has 108 valence electrons. The maximum Gasteiger partial charge on any atom is 0.419 e. The van der Waals surface area contributed by atoms with E-state index in [4.69, 9.17) is 0 Å². The molecule has 0 aliphatic carbocycles. The molecule has 0 aliphatic heterocycles. The molecule has 0 heterocycles. The largest absolute Gasteiger partial charge is 0.419 e. The van der Waals surface area contributed by atoms with Gasteiger partial charge in [-0.05, 0) is 18.9 Å². The molecule has 0 bridgehead atoms. The Morgan fingerprint density at radius 2 is 1.83 bits per heavy atom. The fraction of sp³-hybridized carbons (Fsp3) is 0.818. The second-order valence-corrected chi connectivity index (χ2v) is 5.64. The zero-order chi connectivity index (χ0) is 14.2. The van der Waals surface area contributed by atoms with Gasteiger partial charge in [-0.15, -0.1) is 0 Å². The van der Waals surface area contributed by atoms with Gasteiger partial charge in [0.2, 0.25) is 0 Å². The number of rotatable bonds is 8. The maximum atomic E-state index is 12.4. The highest BCUT2D eigenvalue weighted by Gasteiger charge is 2.41. The van der Waals surface area contributed by atoms with Crippen LogP contribution in [0.1, 0.15) is 39.0 Å². The van der Waals surface area contributed by atoms with E-state index in [2.05, 4.69) is 4.18 Å². The summed E-state index contributed by atoms with van der Waals surface area (Å²) < 4.78 is 62.7. The third-order valence-corrected chi connectivity index (χ3v) is 2.69. The van der Waals surface area contributed by atoms with Gasteiger partial charge in [0.05, 0.1) is 6.26 Å². The van der Waals surface area contributed by atoms with Crippen molar-refractivity contribution in [1.82, 2.24) is 0 Å². The predicted molar refractivity (Wildman–Crippen MR) is 63.7 cm³/mol. The highest BCUT2D eigenvalue weighted by Crippen LogP contribution is 2.25. The first kappa shape index (κ1) is 17.4. The molecule has 3 nitrogen and oxygen atoms in total. The molecule has 0 N–H and O–H groups in total. The Morgan fingerprint density at radius 1 is 1.22 bits per heavy atom. The zero-order valence-corrected chi connectivity index (χ0v) is 11.4. The lowest BCUT2D eigenvalue weighted by Gasteiger charge is -2.15. The van der Waals surface area contributed by atoms with Crippen LogP contribution in [0.15, 0.2) is 12.2 Å². The van der Waals surface area contributed by atoms with E-state index in [0.29, 0.717) is 12.7 Å². The van der Waals surface area contributed by atoms with E-state index in [0.717, 1.165) is 31.8 Å². The molecule has 0 fully saturated rings. The summed E-state index contributed by atoms with van der Waals surface area (Å²) in [5, 5.41) is 0. The van der Waals surface area contributed by atoms with E-state index in [1.165, 1.54) is 6.08 Å². The predicted octanol–water partition coefficient (Wildman–Crippen LogP) is 3.42. The highest BCUT2D eigenvalue weighted by atomic mass is 32.2. The average molecular weight is 288 g/mol. The smallest absolute Gasteiger partial charge is 0.253 e. The van der Waals surface area contributed by atoms with Crippen molar-refractivity contribution in [2.45, 2.75) is 51.3 Å². The molecule has 1 atom stereocenters. The third-order valence-electron chi connectivity index (χ3n) is 2.14. The summed E-state index contributed by atoms with van der Waals surface area (Å²) in [4.78, 5) is 0. The summed E-state index contributed by atoms with van der Waals surface area (Å²) >= 11 is 0. The van der Waals surface area contributed by atoms with Crippen LogP contribution in [0, 0.1) is 0 Å². The monoisotopic (exact) mass is 288 g/mol. The molecule has 0 aromatic heterocycles. The second-order valence-electron chi connectivity index (χ2n) is 4.04. The van der Waals surface area contributed by atoms with Crippen LogP contribution in [0.2, 0.25) is 0 Å². The van der Waals surface area contributed by atoms with Crippen LogP contribution in [0.3, 0.4) is 0 Å². The van der Waals surface area contributed by atoms with Crippen LogP contribution in [-0.2, 0) is 14.3 Å². The molecule has 0 spiro atoms. The number of alkyl halides is 3. The third kappa shape index (κ3) is 9.47. The normalized spacial score (nSPS) is 15.2. The number of hydrogen-bond acceptors (Lipinski definition) is 3. The maximum absolute atomic E-state index is 12.4. The van der Waals surface area contributed by atoms with Crippen LogP contribution >= 0.6 is 0 Å². The van der Waals surface area contributed by atoms with Crippen molar-refractivity contribution in [3.05, 3.63) is 12.2 Å². The minimum atomic E-state index is -4.72. The topological polar surface area (TPSA) is 43.4 Å². The van der Waals surface area contributed by atoms with E-state index in [-0.39, 0.29) is 0 Å². The molecule has 0 aromatic carbocycles. The number of unbranched alkanes of at least 4 members (excludes halogenated alkanes) is 4. The van der Waals surface area contributed by atoms with Crippen molar-refractivity contribution < 1.29 is 25.8 Å².